The molecule has 0 radical (unpaired) electrons. The van der Waals surface area contributed by atoms with Gasteiger partial charge in [0.1, 0.15) is 6.04 Å². The number of ether oxygens (including phenoxy) is 1. The van der Waals surface area contributed by atoms with E-state index >= 15 is 0 Å². The molecule has 2 aromatic carbocycles. The lowest BCUT2D eigenvalue weighted by Gasteiger charge is -2.20. The normalized spacial score (nSPS) is 11.7. The molecule has 0 aliphatic carbocycles. The molecule has 0 saturated heterocycles. The van der Waals surface area contributed by atoms with Gasteiger partial charge in [-0.1, -0.05) is 45.7 Å². The number of hydrogen-bond acceptors (Lipinski definition) is 3. The molecule has 0 spiro atoms. The van der Waals surface area contributed by atoms with Crippen LogP contribution in [0.1, 0.15) is 24.1 Å². The maximum Gasteiger partial charge on any atom is 0.361 e. The monoisotopic (exact) mass is 425 g/mol. The van der Waals surface area contributed by atoms with Crippen molar-refractivity contribution in [1.29, 1.82) is 0 Å². The van der Waals surface area contributed by atoms with Crippen molar-refractivity contribution in [2.24, 2.45) is 0 Å². The lowest BCUT2D eigenvalue weighted by Crippen LogP contribution is -2.87. The second kappa shape index (κ2) is 8.99. The number of amides is 1. The lowest BCUT2D eigenvalue weighted by molar-refractivity contribution is -0.677. The van der Waals surface area contributed by atoms with Crippen molar-refractivity contribution < 1.29 is 19.6 Å². The van der Waals surface area contributed by atoms with Crippen LogP contribution in [0.3, 0.4) is 0 Å². The molecule has 0 heterocycles. The highest BCUT2D eigenvalue weighted by molar-refractivity contribution is 9.10. The molecule has 5 nitrogen and oxygen atoms in total. The van der Waals surface area contributed by atoms with Gasteiger partial charge in [0.25, 0.3) is 0 Å². The van der Waals surface area contributed by atoms with Crippen LogP contribution in [0.5, 0.6) is 0 Å². The third-order valence-corrected chi connectivity index (χ3v) is 4.49. The summed E-state index contributed by atoms with van der Waals surface area (Å²) in [7, 11) is 1.35. The zero-order valence-electron chi connectivity index (χ0n) is 13.9. The van der Waals surface area contributed by atoms with Crippen molar-refractivity contribution >= 4 is 45.1 Å². The van der Waals surface area contributed by atoms with Gasteiger partial charge in [0.05, 0.1) is 17.8 Å². The minimum Gasteiger partial charge on any atom is -0.465 e. The van der Waals surface area contributed by atoms with Gasteiger partial charge in [-0.2, -0.15) is 0 Å². The Bertz CT molecular complexity index is 783. The third-order valence-electron chi connectivity index (χ3n) is 3.65. The molecule has 25 heavy (non-hydrogen) atoms. The molecule has 0 unspecified atom stereocenters. The summed E-state index contributed by atoms with van der Waals surface area (Å²) in [6, 6.07) is 12.7. The van der Waals surface area contributed by atoms with Crippen LogP contribution in [-0.2, 0) is 14.3 Å². The molecule has 1 amide bonds. The molecule has 0 aliphatic rings. The van der Waals surface area contributed by atoms with E-state index < -0.39 is 0 Å². The number of hydrogen-bond donors (Lipinski definition) is 2. The van der Waals surface area contributed by atoms with Crippen molar-refractivity contribution in [2.45, 2.75) is 13.0 Å². The standard InChI is InChI=1S/C18H18BrClN2O3/c1-11(23)22-16-8-7-12(19)9-14(16)18(21-10-17(24)25-2)13-5-3-4-6-15(13)20/h3-9,18,21H,10H2,1-2H3,(H,22,23)/p+1/t18-/m0/s1. The molecular weight excluding hydrogens is 408 g/mol. The van der Waals surface area contributed by atoms with E-state index in [1.165, 1.54) is 14.0 Å². The van der Waals surface area contributed by atoms with Gasteiger partial charge in [-0.15, -0.1) is 0 Å². The van der Waals surface area contributed by atoms with Crippen molar-refractivity contribution in [1.82, 2.24) is 0 Å². The Kier molecular flexibility index (Phi) is 6.99. The van der Waals surface area contributed by atoms with Crippen LogP contribution in [0.2, 0.25) is 5.02 Å². The molecule has 0 aliphatic heterocycles. The summed E-state index contributed by atoms with van der Waals surface area (Å²) in [5.41, 5.74) is 2.35. The highest BCUT2D eigenvalue weighted by Gasteiger charge is 2.25. The van der Waals surface area contributed by atoms with Crippen LogP contribution in [0, 0.1) is 0 Å². The molecule has 2 rings (SSSR count). The topological polar surface area (TPSA) is 72.0 Å². The van der Waals surface area contributed by atoms with Crippen molar-refractivity contribution in [3.8, 4) is 0 Å². The second-order valence-electron chi connectivity index (χ2n) is 5.43. The zero-order valence-corrected chi connectivity index (χ0v) is 16.2. The maximum atomic E-state index is 11.6. The molecule has 3 N–H and O–H groups in total. The number of halogens is 2. The number of rotatable bonds is 6. The molecule has 7 heteroatoms. The maximum absolute atomic E-state index is 11.6. The predicted molar refractivity (Wildman–Crippen MR) is 101 cm³/mol. The van der Waals surface area contributed by atoms with Gasteiger partial charge in [-0.25, -0.2) is 4.79 Å². The number of esters is 1. The van der Waals surface area contributed by atoms with E-state index in [0.29, 0.717) is 10.7 Å². The molecular formula is C18H19BrClN2O3+. The fraction of sp³-hybridized carbons (Fsp3) is 0.222. The van der Waals surface area contributed by atoms with Crippen molar-refractivity contribution in [3.05, 3.63) is 63.1 Å². The molecule has 132 valence electrons. The first-order valence-electron chi connectivity index (χ1n) is 7.64. The van der Waals surface area contributed by atoms with Crippen LogP contribution >= 0.6 is 27.5 Å². The Morgan fingerprint density at radius 1 is 1.24 bits per heavy atom. The largest absolute Gasteiger partial charge is 0.465 e. The SMILES string of the molecule is COC(=O)C[NH2+][C@@H](c1ccccc1Cl)c1cc(Br)ccc1NC(C)=O. The van der Waals surface area contributed by atoms with E-state index in [1.54, 1.807) is 6.07 Å². The van der Waals surface area contributed by atoms with Gasteiger partial charge in [-0.05, 0) is 24.3 Å². The number of anilines is 1. The van der Waals surface area contributed by atoms with E-state index in [2.05, 4.69) is 21.2 Å². The summed E-state index contributed by atoms with van der Waals surface area (Å²) in [5.74, 6) is -0.512. The first-order valence-corrected chi connectivity index (χ1v) is 8.81. The predicted octanol–water partition coefficient (Wildman–Crippen LogP) is 2.89. The summed E-state index contributed by atoms with van der Waals surface area (Å²) >= 11 is 9.85. The first kappa shape index (κ1) is 19.4. The van der Waals surface area contributed by atoms with Gasteiger partial charge in [-0.3, -0.25) is 4.79 Å². The van der Waals surface area contributed by atoms with Gasteiger partial charge in [0.15, 0.2) is 6.54 Å². The minimum absolute atomic E-state index is 0.123. The van der Waals surface area contributed by atoms with Gasteiger partial charge >= 0.3 is 5.97 Å². The number of carbonyl (C=O) groups excluding carboxylic acids is 2. The van der Waals surface area contributed by atoms with Gasteiger partial charge in [0.2, 0.25) is 5.91 Å². The number of nitrogens with one attached hydrogen (secondary N) is 1. The molecule has 0 bridgehead atoms. The van der Waals surface area contributed by atoms with Crippen molar-refractivity contribution in [3.63, 3.8) is 0 Å². The average Bonchev–Trinajstić information content (AvgIpc) is 2.58. The van der Waals surface area contributed by atoms with Crippen LogP contribution < -0.4 is 10.6 Å². The Labute approximate surface area is 159 Å². The highest BCUT2D eigenvalue weighted by atomic mass is 79.9. The summed E-state index contributed by atoms with van der Waals surface area (Å²) in [4.78, 5) is 23.2. The lowest BCUT2D eigenvalue weighted by atomic mass is 9.96. The van der Waals surface area contributed by atoms with E-state index in [4.69, 9.17) is 16.3 Å². The quantitative estimate of drug-likeness (QED) is 0.698. The number of benzene rings is 2. The fourth-order valence-corrected chi connectivity index (χ4v) is 3.17. The van der Waals surface area contributed by atoms with Crippen molar-refractivity contribution in [2.75, 3.05) is 19.0 Å². The molecule has 0 saturated carbocycles. The number of nitrogens with two attached hydrogens (primary N) is 1. The summed E-state index contributed by atoms with van der Waals surface area (Å²) in [5, 5.41) is 5.25. The van der Waals surface area contributed by atoms with E-state index in [9.17, 15) is 9.59 Å². The van der Waals surface area contributed by atoms with Crippen LogP contribution in [0.4, 0.5) is 5.69 Å². The van der Waals surface area contributed by atoms with E-state index in [-0.39, 0.29) is 24.5 Å². The zero-order chi connectivity index (χ0) is 18.4. The Morgan fingerprint density at radius 3 is 2.60 bits per heavy atom. The fourth-order valence-electron chi connectivity index (χ4n) is 2.54. The van der Waals surface area contributed by atoms with Crippen LogP contribution in [0.15, 0.2) is 46.9 Å². The average molecular weight is 427 g/mol. The molecule has 0 fully saturated rings. The highest BCUT2D eigenvalue weighted by Crippen LogP contribution is 2.32. The second-order valence-corrected chi connectivity index (χ2v) is 6.75. The number of methoxy groups -OCH3 is 1. The van der Waals surface area contributed by atoms with Crippen LogP contribution in [-0.4, -0.2) is 25.5 Å². The summed E-state index contributed by atoms with van der Waals surface area (Å²) in [6.07, 6.45) is 0. The molecule has 1 atom stereocenters. The number of quaternary nitrogens is 1. The Balaban J connectivity index is 2.51. The first-order chi connectivity index (χ1) is 11.9. The molecule has 0 aromatic heterocycles. The summed E-state index contributed by atoms with van der Waals surface area (Å²) < 4.78 is 5.60. The van der Waals surface area contributed by atoms with Gasteiger partial charge < -0.3 is 15.4 Å². The minimum atomic E-state index is -0.340. The molecule has 2 aromatic rings. The third kappa shape index (κ3) is 5.29. The van der Waals surface area contributed by atoms with E-state index in [1.807, 2.05) is 41.7 Å². The Hall–Kier alpha value is -1.89. The van der Waals surface area contributed by atoms with Gasteiger partial charge in [0, 0.05) is 22.5 Å². The summed E-state index contributed by atoms with van der Waals surface area (Å²) in [6.45, 7) is 1.58. The Morgan fingerprint density at radius 2 is 1.96 bits per heavy atom. The smallest absolute Gasteiger partial charge is 0.361 e. The van der Waals surface area contributed by atoms with Crippen LogP contribution in [0.25, 0.3) is 0 Å². The van der Waals surface area contributed by atoms with E-state index in [0.717, 1.165) is 15.6 Å². The number of carbonyl (C=O) groups is 2.